The maximum Gasteiger partial charge on any atom is 0.203 e. The SMILES string of the molecule is COC1=CCCC=C1C(=O)/C=C\Nc1cccc(/C=C\c2cc(OC)c(OC)c(OC)c2)c1. The van der Waals surface area contributed by atoms with Crippen LogP contribution in [0.25, 0.3) is 12.2 Å². The van der Waals surface area contributed by atoms with Gasteiger partial charge in [-0.1, -0.05) is 30.4 Å². The summed E-state index contributed by atoms with van der Waals surface area (Å²) in [4.78, 5) is 12.5. The number of hydrogen-bond acceptors (Lipinski definition) is 6. The predicted octanol–water partition coefficient (Wildman–Crippen LogP) is 5.63. The molecule has 1 N–H and O–H groups in total. The average molecular weight is 448 g/mol. The summed E-state index contributed by atoms with van der Waals surface area (Å²) in [6.07, 6.45) is 12.7. The van der Waals surface area contributed by atoms with Gasteiger partial charge in [-0.25, -0.2) is 0 Å². The molecule has 172 valence electrons. The molecular weight excluding hydrogens is 418 g/mol. The lowest BCUT2D eigenvalue weighted by atomic mass is 10.0. The molecule has 1 aliphatic rings. The van der Waals surface area contributed by atoms with E-state index in [0.717, 1.165) is 29.7 Å². The van der Waals surface area contributed by atoms with Gasteiger partial charge in [-0.3, -0.25) is 4.79 Å². The summed E-state index contributed by atoms with van der Waals surface area (Å²) in [6.45, 7) is 0. The molecule has 0 aromatic heterocycles. The number of carbonyl (C=O) groups excluding carboxylic acids is 1. The van der Waals surface area contributed by atoms with Crippen LogP contribution >= 0.6 is 0 Å². The number of methoxy groups -OCH3 is 4. The first kappa shape index (κ1) is 23.7. The van der Waals surface area contributed by atoms with Crippen LogP contribution in [0, 0.1) is 0 Å². The van der Waals surface area contributed by atoms with Crippen LogP contribution in [0.1, 0.15) is 24.0 Å². The number of benzene rings is 2. The number of nitrogens with one attached hydrogen (secondary N) is 1. The van der Waals surface area contributed by atoms with E-state index >= 15 is 0 Å². The lowest BCUT2D eigenvalue weighted by Gasteiger charge is -2.12. The molecule has 0 heterocycles. The largest absolute Gasteiger partial charge is 0.496 e. The molecule has 3 rings (SSSR count). The van der Waals surface area contributed by atoms with Crippen molar-refractivity contribution in [2.24, 2.45) is 0 Å². The number of rotatable bonds is 10. The highest BCUT2D eigenvalue weighted by atomic mass is 16.5. The summed E-state index contributed by atoms with van der Waals surface area (Å²) in [5, 5.41) is 3.16. The van der Waals surface area contributed by atoms with E-state index in [4.69, 9.17) is 18.9 Å². The standard InChI is InChI=1S/C27H29NO5/c1-30-24-11-6-5-10-22(24)23(29)14-15-28-21-9-7-8-19(16-21)12-13-20-17-25(31-2)27(33-4)26(18-20)32-3/h7-18,28H,5-6H2,1-4H3/b13-12-,15-14-. The molecule has 2 aromatic carbocycles. The van der Waals surface area contributed by atoms with E-state index in [1.54, 1.807) is 34.6 Å². The Morgan fingerprint density at radius 3 is 2.21 bits per heavy atom. The van der Waals surface area contributed by atoms with E-state index in [0.29, 0.717) is 28.6 Å². The van der Waals surface area contributed by atoms with Crippen LogP contribution in [0.3, 0.4) is 0 Å². The van der Waals surface area contributed by atoms with E-state index in [9.17, 15) is 4.79 Å². The zero-order valence-electron chi connectivity index (χ0n) is 19.4. The molecule has 0 aliphatic heterocycles. The second-order valence-electron chi connectivity index (χ2n) is 7.23. The molecule has 0 bridgehead atoms. The van der Waals surface area contributed by atoms with Crippen LogP contribution in [-0.2, 0) is 9.53 Å². The topological polar surface area (TPSA) is 66.0 Å². The molecule has 1 aliphatic carbocycles. The Morgan fingerprint density at radius 1 is 0.848 bits per heavy atom. The molecule has 6 nitrogen and oxygen atoms in total. The molecule has 6 heteroatoms. The van der Waals surface area contributed by atoms with Crippen LogP contribution in [0.15, 0.2) is 72.2 Å². The maximum absolute atomic E-state index is 12.5. The number of ketones is 1. The van der Waals surface area contributed by atoms with Crippen molar-refractivity contribution < 1.29 is 23.7 Å². The van der Waals surface area contributed by atoms with Crippen LogP contribution in [0.5, 0.6) is 17.2 Å². The van der Waals surface area contributed by atoms with Crippen LogP contribution in [0.4, 0.5) is 5.69 Å². The molecule has 33 heavy (non-hydrogen) atoms. The van der Waals surface area contributed by atoms with Gasteiger partial charge in [0.15, 0.2) is 17.3 Å². The minimum absolute atomic E-state index is 0.0891. The molecule has 0 saturated carbocycles. The van der Waals surface area contributed by atoms with E-state index in [1.807, 2.05) is 60.7 Å². The fraction of sp³-hybridized carbons (Fsp3) is 0.222. The lowest BCUT2D eigenvalue weighted by Crippen LogP contribution is -2.07. The van der Waals surface area contributed by atoms with Crippen molar-refractivity contribution in [3.05, 3.63) is 83.3 Å². The first-order chi connectivity index (χ1) is 16.1. The Bertz CT molecular complexity index is 1090. The third kappa shape index (κ3) is 6.07. The van der Waals surface area contributed by atoms with Gasteiger partial charge in [0.1, 0.15) is 5.76 Å². The zero-order valence-corrected chi connectivity index (χ0v) is 19.4. The second kappa shape index (κ2) is 11.6. The van der Waals surface area contributed by atoms with Crippen LogP contribution in [0.2, 0.25) is 0 Å². The smallest absolute Gasteiger partial charge is 0.203 e. The highest BCUT2D eigenvalue weighted by Gasteiger charge is 2.15. The van der Waals surface area contributed by atoms with Gasteiger partial charge in [0.2, 0.25) is 5.75 Å². The minimum Gasteiger partial charge on any atom is -0.496 e. The van der Waals surface area contributed by atoms with Gasteiger partial charge in [-0.2, -0.15) is 0 Å². The summed E-state index contributed by atoms with van der Waals surface area (Å²) in [7, 11) is 6.35. The van der Waals surface area contributed by atoms with Gasteiger partial charge in [-0.15, -0.1) is 0 Å². The van der Waals surface area contributed by atoms with E-state index < -0.39 is 0 Å². The highest BCUT2D eigenvalue weighted by Crippen LogP contribution is 2.38. The van der Waals surface area contributed by atoms with Gasteiger partial charge < -0.3 is 24.3 Å². The Balaban J connectivity index is 1.70. The van der Waals surface area contributed by atoms with Crippen molar-refractivity contribution in [1.82, 2.24) is 0 Å². The third-order valence-electron chi connectivity index (χ3n) is 5.12. The molecule has 0 fully saturated rings. The van der Waals surface area contributed by atoms with Gasteiger partial charge in [0, 0.05) is 18.0 Å². The van der Waals surface area contributed by atoms with Crippen LogP contribution < -0.4 is 19.5 Å². The first-order valence-corrected chi connectivity index (χ1v) is 10.6. The lowest BCUT2D eigenvalue weighted by molar-refractivity contribution is -0.111. The number of anilines is 1. The van der Waals surface area contributed by atoms with Gasteiger partial charge >= 0.3 is 0 Å². The quantitative estimate of drug-likeness (QED) is 0.376. The molecule has 0 saturated heterocycles. The highest BCUT2D eigenvalue weighted by molar-refractivity contribution is 6.07. The second-order valence-corrected chi connectivity index (χ2v) is 7.23. The van der Waals surface area contributed by atoms with Gasteiger partial charge in [0.25, 0.3) is 0 Å². The van der Waals surface area contributed by atoms with Crippen molar-refractivity contribution in [3.8, 4) is 17.2 Å². The predicted molar refractivity (Wildman–Crippen MR) is 132 cm³/mol. The van der Waals surface area contributed by atoms with Gasteiger partial charge in [0.05, 0.1) is 34.0 Å². The first-order valence-electron chi connectivity index (χ1n) is 10.6. The molecule has 2 aromatic rings. The fourth-order valence-electron chi connectivity index (χ4n) is 3.49. The monoisotopic (exact) mass is 447 g/mol. The van der Waals surface area contributed by atoms with Crippen molar-refractivity contribution in [2.75, 3.05) is 33.8 Å². The minimum atomic E-state index is -0.0891. The number of ether oxygens (including phenoxy) is 4. The van der Waals surface area contributed by atoms with Crippen molar-refractivity contribution in [3.63, 3.8) is 0 Å². The van der Waals surface area contributed by atoms with Crippen LogP contribution in [-0.4, -0.2) is 34.2 Å². The summed E-state index contributed by atoms with van der Waals surface area (Å²) in [5.41, 5.74) is 3.37. The molecule has 0 unspecified atom stereocenters. The molecule has 0 spiro atoms. The normalized spacial score (nSPS) is 13.5. The molecule has 0 radical (unpaired) electrons. The third-order valence-corrected chi connectivity index (χ3v) is 5.12. The fourth-order valence-corrected chi connectivity index (χ4v) is 3.49. The van der Waals surface area contributed by atoms with E-state index in [-0.39, 0.29) is 5.78 Å². The average Bonchev–Trinajstić information content (AvgIpc) is 2.86. The Kier molecular flexibility index (Phi) is 8.36. The maximum atomic E-state index is 12.5. The summed E-state index contributed by atoms with van der Waals surface area (Å²) in [5.74, 6) is 2.30. The Labute approximate surface area is 194 Å². The molecular formula is C27H29NO5. The Morgan fingerprint density at radius 2 is 1.55 bits per heavy atom. The van der Waals surface area contributed by atoms with E-state index in [2.05, 4.69) is 5.32 Å². The number of allylic oxidation sites excluding steroid dienone is 4. The Hall–Kier alpha value is -3.93. The summed E-state index contributed by atoms with van der Waals surface area (Å²) in [6, 6.07) is 11.6. The number of hydrogen-bond donors (Lipinski definition) is 1. The van der Waals surface area contributed by atoms with Gasteiger partial charge in [-0.05, 0) is 54.3 Å². The van der Waals surface area contributed by atoms with E-state index in [1.165, 1.54) is 6.08 Å². The van der Waals surface area contributed by atoms with Crippen molar-refractivity contribution in [2.45, 2.75) is 12.8 Å². The van der Waals surface area contributed by atoms with Crippen molar-refractivity contribution in [1.29, 1.82) is 0 Å². The zero-order chi connectivity index (χ0) is 23.6. The number of carbonyl (C=O) groups is 1. The molecule has 0 amide bonds. The molecule has 0 atom stereocenters. The summed E-state index contributed by atoms with van der Waals surface area (Å²) >= 11 is 0. The summed E-state index contributed by atoms with van der Waals surface area (Å²) < 4.78 is 21.5. The van der Waals surface area contributed by atoms with Crippen molar-refractivity contribution >= 4 is 23.6 Å².